The van der Waals surface area contributed by atoms with E-state index in [1.165, 1.54) is 31.3 Å². The number of carbonyl (C=O) groups excluding carboxylic acids is 1. The predicted octanol–water partition coefficient (Wildman–Crippen LogP) is 1.13. The summed E-state index contributed by atoms with van der Waals surface area (Å²) in [6.45, 7) is 0.769. The zero-order valence-electron chi connectivity index (χ0n) is 14.0. The van der Waals surface area contributed by atoms with Crippen molar-refractivity contribution in [1.29, 1.82) is 0 Å². The van der Waals surface area contributed by atoms with Crippen LogP contribution in [-0.4, -0.2) is 41.3 Å². The number of hydrogen-bond donors (Lipinski definition) is 2. The van der Waals surface area contributed by atoms with Crippen molar-refractivity contribution >= 4 is 15.9 Å². The van der Waals surface area contributed by atoms with Crippen LogP contribution in [0.1, 0.15) is 10.4 Å². The SMILES string of the molecule is CNS(=O)(=O)c1ccc(C(=O)NCCOc2ccc3c(c2)OCO3)cc1. The van der Waals surface area contributed by atoms with Crippen molar-refractivity contribution in [2.45, 2.75) is 4.90 Å². The van der Waals surface area contributed by atoms with Crippen LogP contribution in [0.5, 0.6) is 17.2 Å². The van der Waals surface area contributed by atoms with E-state index in [1.807, 2.05) is 0 Å². The Bertz CT molecular complexity index is 896. The van der Waals surface area contributed by atoms with Gasteiger partial charge in [0.25, 0.3) is 5.91 Å². The Morgan fingerprint density at radius 1 is 1.12 bits per heavy atom. The summed E-state index contributed by atoms with van der Waals surface area (Å²) < 4.78 is 41.6. The topological polar surface area (TPSA) is 103 Å². The van der Waals surface area contributed by atoms with Crippen LogP contribution in [0, 0.1) is 0 Å². The molecule has 0 saturated heterocycles. The van der Waals surface area contributed by atoms with Crippen molar-refractivity contribution in [1.82, 2.24) is 10.0 Å². The quantitative estimate of drug-likeness (QED) is 0.700. The monoisotopic (exact) mass is 378 g/mol. The van der Waals surface area contributed by atoms with Crippen molar-refractivity contribution in [2.75, 3.05) is 27.0 Å². The van der Waals surface area contributed by atoms with E-state index >= 15 is 0 Å². The number of nitrogens with one attached hydrogen (secondary N) is 2. The highest BCUT2D eigenvalue weighted by Gasteiger charge is 2.14. The van der Waals surface area contributed by atoms with Gasteiger partial charge in [0.2, 0.25) is 16.8 Å². The summed E-state index contributed by atoms with van der Waals surface area (Å²) >= 11 is 0. The molecule has 1 aliphatic rings. The summed E-state index contributed by atoms with van der Waals surface area (Å²) in [6, 6.07) is 10.9. The van der Waals surface area contributed by atoms with E-state index in [4.69, 9.17) is 14.2 Å². The highest BCUT2D eigenvalue weighted by atomic mass is 32.2. The van der Waals surface area contributed by atoms with Gasteiger partial charge < -0.3 is 19.5 Å². The fourth-order valence-corrected chi connectivity index (χ4v) is 3.04. The molecule has 8 nitrogen and oxygen atoms in total. The van der Waals surface area contributed by atoms with Crippen LogP contribution in [0.2, 0.25) is 0 Å². The summed E-state index contributed by atoms with van der Waals surface area (Å²) in [4.78, 5) is 12.2. The summed E-state index contributed by atoms with van der Waals surface area (Å²) in [5, 5.41) is 2.71. The number of carbonyl (C=O) groups is 1. The summed E-state index contributed by atoms with van der Waals surface area (Å²) in [5.74, 6) is 1.61. The average molecular weight is 378 g/mol. The summed E-state index contributed by atoms with van der Waals surface area (Å²) in [6.07, 6.45) is 0. The van der Waals surface area contributed by atoms with E-state index in [1.54, 1.807) is 18.2 Å². The third kappa shape index (κ3) is 4.06. The number of amides is 1. The Kier molecular flexibility index (Phi) is 5.29. The molecule has 9 heteroatoms. The highest BCUT2D eigenvalue weighted by molar-refractivity contribution is 7.89. The molecule has 1 aliphatic heterocycles. The number of benzene rings is 2. The van der Waals surface area contributed by atoms with Crippen LogP contribution in [0.3, 0.4) is 0 Å². The number of rotatable bonds is 7. The Labute approximate surface area is 151 Å². The first-order valence-electron chi connectivity index (χ1n) is 7.84. The Morgan fingerprint density at radius 2 is 1.85 bits per heavy atom. The molecule has 0 bridgehead atoms. The van der Waals surface area contributed by atoms with Gasteiger partial charge in [0.15, 0.2) is 11.5 Å². The molecule has 2 aromatic carbocycles. The average Bonchev–Trinajstić information content (AvgIpc) is 3.13. The van der Waals surface area contributed by atoms with Crippen LogP contribution in [-0.2, 0) is 10.0 Å². The largest absolute Gasteiger partial charge is 0.492 e. The van der Waals surface area contributed by atoms with Crippen molar-refractivity contribution in [3.05, 3.63) is 48.0 Å². The lowest BCUT2D eigenvalue weighted by atomic mass is 10.2. The van der Waals surface area contributed by atoms with E-state index in [-0.39, 0.29) is 24.2 Å². The van der Waals surface area contributed by atoms with Gasteiger partial charge in [-0.05, 0) is 43.4 Å². The summed E-state index contributed by atoms with van der Waals surface area (Å²) in [7, 11) is -2.19. The summed E-state index contributed by atoms with van der Waals surface area (Å²) in [5.41, 5.74) is 0.364. The number of hydrogen-bond acceptors (Lipinski definition) is 6. The zero-order valence-corrected chi connectivity index (χ0v) is 14.8. The first-order valence-corrected chi connectivity index (χ1v) is 9.32. The molecule has 0 saturated carbocycles. The molecule has 0 aliphatic carbocycles. The van der Waals surface area contributed by atoms with Crippen LogP contribution in [0.25, 0.3) is 0 Å². The highest BCUT2D eigenvalue weighted by Crippen LogP contribution is 2.34. The van der Waals surface area contributed by atoms with Gasteiger partial charge >= 0.3 is 0 Å². The third-order valence-corrected chi connectivity index (χ3v) is 5.13. The van der Waals surface area contributed by atoms with Crippen molar-refractivity contribution in [3.63, 3.8) is 0 Å². The van der Waals surface area contributed by atoms with Gasteiger partial charge in [-0.3, -0.25) is 4.79 Å². The van der Waals surface area contributed by atoms with E-state index in [9.17, 15) is 13.2 Å². The molecule has 1 amide bonds. The fourth-order valence-electron chi connectivity index (χ4n) is 2.31. The normalized spacial score (nSPS) is 12.7. The lowest BCUT2D eigenvalue weighted by Gasteiger charge is -2.09. The van der Waals surface area contributed by atoms with Gasteiger partial charge in [0.05, 0.1) is 11.4 Å². The minimum absolute atomic E-state index is 0.0997. The number of ether oxygens (including phenoxy) is 3. The van der Waals surface area contributed by atoms with Gasteiger partial charge in [-0.25, -0.2) is 13.1 Å². The van der Waals surface area contributed by atoms with Gasteiger partial charge in [-0.1, -0.05) is 0 Å². The molecule has 0 radical (unpaired) electrons. The number of fused-ring (bicyclic) bond motifs is 1. The molecule has 2 N–H and O–H groups in total. The second-order valence-corrected chi connectivity index (χ2v) is 7.24. The maximum atomic E-state index is 12.1. The van der Waals surface area contributed by atoms with E-state index < -0.39 is 10.0 Å². The molecule has 0 spiro atoms. The first-order chi connectivity index (χ1) is 12.5. The molecule has 138 valence electrons. The van der Waals surface area contributed by atoms with Crippen molar-refractivity contribution in [2.24, 2.45) is 0 Å². The van der Waals surface area contributed by atoms with Crippen LogP contribution in [0.4, 0.5) is 0 Å². The van der Waals surface area contributed by atoms with Crippen LogP contribution < -0.4 is 24.2 Å². The molecule has 1 heterocycles. The Balaban J connectivity index is 1.48. The molecular formula is C17H18N2O6S. The molecule has 0 fully saturated rings. The molecule has 2 aromatic rings. The van der Waals surface area contributed by atoms with Gasteiger partial charge in [-0.15, -0.1) is 0 Å². The minimum atomic E-state index is -3.52. The molecule has 0 atom stereocenters. The van der Waals surface area contributed by atoms with E-state index in [0.29, 0.717) is 29.4 Å². The number of sulfonamides is 1. The molecule has 0 aromatic heterocycles. The fraction of sp³-hybridized carbons (Fsp3) is 0.235. The lowest BCUT2D eigenvalue weighted by Crippen LogP contribution is -2.28. The second-order valence-electron chi connectivity index (χ2n) is 5.35. The molecule has 3 rings (SSSR count). The van der Waals surface area contributed by atoms with Gasteiger partial charge in [0, 0.05) is 11.6 Å². The van der Waals surface area contributed by atoms with Crippen LogP contribution >= 0.6 is 0 Å². The smallest absolute Gasteiger partial charge is 0.251 e. The Morgan fingerprint density at radius 3 is 2.58 bits per heavy atom. The zero-order chi connectivity index (χ0) is 18.6. The second kappa shape index (κ2) is 7.63. The Hall–Kier alpha value is -2.78. The molecule has 0 unspecified atom stereocenters. The van der Waals surface area contributed by atoms with Crippen molar-refractivity contribution in [3.8, 4) is 17.2 Å². The van der Waals surface area contributed by atoms with Crippen molar-refractivity contribution < 1.29 is 27.4 Å². The minimum Gasteiger partial charge on any atom is -0.492 e. The predicted molar refractivity (Wildman–Crippen MR) is 93.1 cm³/mol. The van der Waals surface area contributed by atoms with Gasteiger partial charge in [0.1, 0.15) is 12.4 Å². The van der Waals surface area contributed by atoms with Crippen LogP contribution in [0.15, 0.2) is 47.4 Å². The first kappa shape index (κ1) is 18.0. The van der Waals surface area contributed by atoms with E-state index in [0.717, 1.165) is 0 Å². The third-order valence-electron chi connectivity index (χ3n) is 3.70. The molecular weight excluding hydrogens is 360 g/mol. The lowest BCUT2D eigenvalue weighted by molar-refractivity contribution is 0.0947. The standard InChI is InChI=1S/C17H18N2O6S/c1-18-26(21,22)14-5-2-12(3-6-14)17(20)19-8-9-23-13-4-7-15-16(10-13)25-11-24-15/h2-7,10,18H,8-9,11H2,1H3,(H,19,20). The maximum Gasteiger partial charge on any atom is 0.251 e. The van der Waals surface area contributed by atoms with E-state index in [2.05, 4.69) is 10.0 Å². The maximum absolute atomic E-state index is 12.1. The molecule has 26 heavy (non-hydrogen) atoms. The van der Waals surface area contributed by atoms with Gasteiger partial charge in [-0.2, -0.15) is 0 Å².